The van der Waals surface area contributed by atoms with Crippen molar-refractivity contribution in [3.05, 3.63) is 17.0 Å². The van der Waals surface area contributed by atoms with E-state index in [2.05, 4.69) is 10.1 Å². The summed E-state index contributed by atoms with van der Waals surface area (Å²) in [7, 11) is 1.85. The average Bonchev–Trinajstić information content (AvgIpc) is 3.07. The number of ether oxygens (including phenoxy) is 1. The third-order valence-corrected chi connectivity index (χ3v) is 5.29. The molecule has 2 fully saturated rings. The van der Waals surface area contributed by atoms with E-state index in [-0.39, 0.29) is 0 Å². The zero-order chi connectivity index (χ0) is 12.8. The summed E-state index contributed by atoms with van der Waals surface area (Å²) < 4.78 is 11.0. The quantitative estimate of drug-likeness (QED) is 0.838. The van der Waals surface area contributed by atoms with Gasteiger partial charge in [0.05, 0.1) is 6.10 Å². The van der Waals surface area contributed by atoms with E-state index in [1.54, 1.807) is 0 Å². The van der Waals surface area contributed by atoms with Gasteiger partial charge in [0.2, 0.25) is 0 Å². The summed E-state index contributed by atoms with van der Waals surface area (Å²) in [6.45, 7) is 0.991. The number of methoxy groups -OCH3 is 1. The van der Waals surface area contributed by atoms with E-state index in [0.29, 0.717) is 18.2 Å². The van der Waals surface area contributed by atoms with Crippen LogP contribution in [0.4, 0.5) is 0 Å². The Labute approximate surface area is 114 Å². The Bertz CT molecular complexity index is 457. The Hall–Kier alpha value is -0.870. The first-order valence-electron chi connectivity index (χ1n) is 7.60. The van der Waals surface area contributed by atoms with E-state index >= 15 is 0 Å². The molecular formula is C15H22N2O2. The molecular weight excluding hydrogens is 240 g/mol. The maximum absolute atomic E-state index is 5.57. The topological polar surface area (TPSA) is 38.5 Å². The van der Waals surface area contributed by atoms with E-state index in [9.17, 15) is 0 Å². The smallest absolute Gasteiger partial charge is 0.140 e. The number of aryl methyl sites for hydroxylation is 1. The molecule has 104 valence electrons. The van der Waals surface area contributed by atoms with Crippen molar-refractivity contribution in [3.63, 3.8) is 0 Å². The first-order chi connectivity index (χ1) is 9.35. The lowest BCUT2D eigenvalue weighted by atomic mass is 9.99. The molecule has 2 unspecified atom stereocenters. The van der Waals surface area contributed by atoms with Gasteiger partial charge in [-0.2, -0.15) is 0 Å². The highest BCUT2D eigenvalue weighted by atomic mass is 16.5. The molecule has 2 saturated heterocycles. The summed E-state index contributed by atoms with van der Waals surface area (Å²) in [4.78, 5) is 2.66. The van der Waals surface area contributed by atoms with Gasteiger partial charge in [0.25, 0.3) is 0 Å². The number of piperidine rings is 1. The molecule has 19 heavy (non-hydrogen) atoms. The van der Waals surface area contributed by atoms with Gasteiger partial charge in [-0.25, -0.2) is 0 Å². The van der Waals surface area contributed by atoms with Gasteiger partial charge in [0, 0.05) is 37.7 Å². The third kappa shape index (κ3) is 1.93. The van der Waals surface area contributed by atoms with Crippen LogP contribution >= 0.6 is 0 Å². The van der Waals surface area contributed by atoms with Crippen LogP contribution in [-0.4, -0.2) is 35.4 Å². The maximum atomic E-state index is 5.57. The Morgan fingerprint density at radius 3 is 2.79 bits per heavy atom. The number of fused-ring (bicyclic) bond motifs is 3. The van der Waals surface area contributed by atoms with Gasteiger partial charge in [-0.05, 0) is 38.5 Å². The lowest BCUT2D eigenvalue weighted by Crippen LogP contribution is -2.44. The van der Waals surface area contributed by atoms with E-state index < -0.39 is 0 Å². The predicted octanol–water partition coefficient (Wildman–Crippen LogP) is 2.31. The Morgan fingerprint density at radius 1 is 1.26 bits per heavy atom. The molecule has 0 amide bonds. The molecule has 1 aromatic heterocycles. The van der Waals surface area contributed by atoms with Crippen molar-refractivity contribution in [2.24, 2.45) is 0 Å². The zero-order valence-corrected chi connectivity index (χ0v) is 11.6. The SMILES string of the molecule is COC1CC2CCC(C1)N2Cc1noc2c1CCC2. The molecule has 1 aromatic rings. The standard InChI is InChI=1S/C15H22N2O2/c1-18-12-7-10-5-6-11(8-12)17(10)9-14-13-3-2-4-15(13)19-16-14/h10-12H,2-9H2,1H3. The maximum Gasteiger partial charge on any atom is 0.140 e. The van der Waals surface area contributed by atoms with Crippen molar-refractivity contribution in [3.8, 4) is 0 Å². The number of hydrogen-bond donors (Lipinski definition) is 0. The fraction of sp³-hybridized carbons (Fsp3) is 0.800. The summed E-state index contributed by atoms with van der Waals surface area (Å²) in [5.41, 5.74) is 2.62. The minimum atomic E-state index is 0.469. The second-order valence-corrected chi connectivity index (χ2v) is 6.27. The molecule has 2 aliphatic heterocycles. The minimum Gasteiger partial charge on any atom is -0.381 e. The van der Waals surface area contributed by atoms with Gasteiger partial charge in [-0.15, -0.1) is 0 Å². The van der Waals surface area contributed by atoms with Crippen LogP contribution in [0.3, 0.4) is 0 Å². The van der Waals surface area contributed by atoms with Gasteiger partial charge < -0.3 is 9.26 Å². The van der Waals surface area contributed by atoms with Crippen molar-refractivity contribution in [1.29, 1.82) is 0 Å². The first-order valence-corrected chi connectivity index (χ1v) is 7.60. The number of rotatable bonds is 3. The van der Waals surface area contributed by atoms with Crippen LogP contribution in [0.1, 0.15) is 49.1 Å². The molecule has 2 atom stereocenters. The number of hydrogen-bond acceptors (Lipinski definition) is 4. The van der Waals surface area contributed by atoms with E-state index in [1.807, 2.05) is 7.11 Å². The van der Waals surface area contributed by atoms with Crippen molar-refractivity contribution < 1.29 is 9.26 Å². The fourth-order valence-electron chi connectivity index (χ4n) is 4.26. The normalized spacial score (nSPS) is 33.8. The highest BCUT2D eigenvalue weighted by Crippen LogP contribution is 2.38. The van der Waals surface area contributed by atoms with Gasteiger partial charge in [0.15, 0.2) is 0 Å². The Kier molecular flexibility index (Phi) is 2.88. The zero-order valence-electron chi connectivity index (χ0n) is 11.6. The van der Waals surface area contributed by atoms with Crippen molar-refractivity contribution in [1.82, 2.24) is 10.1 Å². The minimum absolute atomic E-state index is 0.469. The highest BCUT2D eigenvalue weighted by molar-refractivity contribution is 5.27. The number of nitrogens with zero attached hydrogens (tertiary/aromatic N) is 2. The predicted molar refractivity (Wildman–Crippen MR) is 70.9 cm³/mol. The lowest BCUT2D eigenvalue weighted by molar-refractivity contribution is 0.00168. The first kappa shape index (κ1) is 11.9. The van der Waals surface area contributed by atoms with Gasteiger partial charge in [-0.1, -0.05) is 5.16 Å². The third-order valence-electron chi connectivity index (χ3n) is 5.29. The summed E-state index contributed by atoms with van der Waals surface area (Å²) in [6, 6.07) is 1.38. The Morgan fingerprint density at radius 2 is 2.05 bits per heavy atom. The second kappa shape index (κ2) is 4.60. The fourth-order valence-corrected chi connectivity index (χ4v) is 4.26. The molecule has 0 radical (unpaired) electrons. The molecule has 3 heterocycles. The Balaban J connectivity index is 1.51. The van der Waals surface area contributed by atoms with Crippen LogP contribution in [-0.2, 0) is 24.1 Å². The molecule has 4 nitrogen and oxygen atoms in total. The lowest BCUT2D eigenvalue weighted by Gasteiger charge is -2.38. The molecule has 2 bridgehead atoms. The highest BCUT2D eigenvalue weighted by Gasteiger charge is 2.41. The van der Waals surface area contributed by atoms with Crippen LogP contribution in [0.25, 0.3) is 0 Å². The van der Waals surface area contributed by atoms with Gasteiger partial charge >= 0.3 is 0 Å². The molecule has 4 heteroatoms. The molecule has 1 aliphatic carbocycles. The van der Waals surface area contributed by atoms with Crippen LogP contribution in [0.15, 0.2) is 4.52 Å². The molecule has 4 rings (SSSR count). The molecule has 0 spiro atoms. The van der Waals surface area contributed by atoms with Gasteiger partial charge in [-0.3, -0.25) is 4.90 Å². The average molecular weight is 262 g/mol. The monoisotopic (exact) mass is 262 g/mol. The van der Waals surface area contributed by atoms with E-state index in [1.165, 1.54) is 43.4 Å². The van der Waals surface area contributed by atoms with Crippen LogP contribution in [0, 0.1) is 0 Å². The summed E-state index contributed by atoms with van der Waals surface area (Å²) in [5, 5.41) is 4.32. The van der Waals surface area contributed by atoms with Crippen molar-refractivity contribution in [2.45, 2.75) is 69.7 Å². The molecule has 3 aliphatic rings. The largest absolute Gasteiger partial charge is 0.381 e. The summed E-state index contributed by atoms with van der Waals surface area (Å²) in [6.07, 6.45) is 8.98. The second-order valence-electron chi connectivity index (χ2n) is 6.27. The van der Waals surface area contributed by atoms with Gasteiger partial charge in [0.1, 0.15) is 11.5 Å². The molecule has 0 saturated carbocycles. The van der Waals surface area contributed by atoms with Crippen molar-refractivity contribution >= 4 is 0 Å². The van der Waals surface area contributed by atoms with Crippen molar-refractivity contribution in [2.75, 3.05) is 7.11 Å². The van der Waals surface area contributed by atoms with Crippen LogP contribution in [0.5, 0.6) is 0 Å². The van der Waals surface area contributed by atoms with E-state index in [0.717, 1.165) is 25.1 Å². The van der Waals surface area contributed by atoms with E-state index in [4.69, 9.17) is 9.26 Å². The summed E-state index contributed by atoms with van der Waals surface area (Å²) >= 11 is 0. The van der Waals surface area contributed by atoms with Crippen LogP contribution < -0.4 is 0 Å². The van der Waals surface area contributed by atoms with Crippen LogP contribution in [0.2, 0.25) is 0 Å². The summed E-state index contributed by atoms with van der Waals surface area (Å²) in [5.74, 6) is 1.15. The molecule has 0 aromatic carbocycles. The molecule has 0 N–H and O–H groups in total. The number of aromatic nitrogens is 1.